The number of ether oxygens (including phenoxy) is 1. The lowest BCUT2D eigenvalue weighted by molar-refractivity contribution is -0.148. The van der Waals surface area contributed by atoms with E-state index in [-0.39, 0.29) is 11.9 Å². The molecule has 0 aliphatic heterocycles. The summed E-state index contributed by atoms with van der Waals surface area (Å²) in [5.74, 6) is 0.0359. The third-order valence-corrected chi connectivity index (χ3v) is 3.73. The topological polar surface area (TPSA) is 26.3 Å². The van der Waals surface area contributed by atoms with E-state index in [0.29, 0.717) is 11.4 Å². The highest BCUT2D eigenvalue weighted by molar-refractivity contribution is 9.09. The van der Waals surface area contributed by atoms with Crippen molar-refractivity contribution in [1.29, 1.82) is 0 Å². The molecule has 4 heteroatoms. The van der Waals surface area contributed by atoms with Crippen LogP contribution in [0.2, 0.25) is 0 Å². The molecule has 13 heavy (non-hydrogen) atoms. The molecular weight excluding hydrogens is 300 g/mol. The Kier molecular flexibility index (Phi) is 5.32. The summed E-state index contributed by atoms with van der Waals surface area (Å²) in [4.78, 5) is 11.8. The van der Waals surface area contributed by atoms with Crippen LogP contribution < -0.4 is 0 Å². The van der Waals surface area contributed by atoms with Crippen molar-refractivity contribution in [1.82, 2.24) is 0 Å². The molecule has 1 saturated carbocycles. The summed E-state index contributed by atoms with van der Waals surface area (Å²) in [6.45, 7) is 0.481. The second kappa shape index (κ2) is 6.02. The van der Waals surface area contributed by atoms with Crippen molar-refractivity contribution >= 4 is 37.8 Å². The highest BCUT2D eigenvalue weighted by Crippen LogP contribution is 2.30. The summed E-state index contributed by atoms with van der Waals surface area (Å²) in [6, 6.07) is 0. The summed E-state index contributed by atoms with van der Waals surface area (Å²) in [6.07, 6.45) is 4.43. The molecule has 1 aliphatic carbocycles. The zero-order chi connectivity index (χ0) is 9.68. The van der Waals surface area contributed by atoms with Crippen LogP contribution in [0.3, 0.4) is 0 Å². The molecule has 76 valence electrons. The lowest BCUT2D eigenvalue weighted by Gasteiger charge is -2.25. The Morgan fingerprint density at radius 3 is 2.69 bits per heavy atom. The molecule has 2 atom stereocenters. The van der Waals surface area contributed by atoms with Crippen molar-refractivity contribution in [2.75, 3.05) is 11.9 Å². The van der Waals surface area contributed by atoms with Crippen LogP contribution in [0, 0.1) is 5.92 Å². The second-order valence-electron chi connectivity index (χ2n) is 3.26. The van der Waals surface area contributed by atoms with E-state index >= 15 is 0 Å². The fourth-order valence-electron chi connectivity index (χ4n) is 1.60. The summed E-state index contributed by atoms with van der Waals surface area (Å²) in [5, 5.41) is 0.721. The number of rotatable bonds is 3. The van der Waals surface area contributed by atoms with Gasteiger partial charge < -0.3 is 4.74 Å². The Hall–Kier alpha value is 0.430. The van der Waals surface area contributed by atoms with E-state index in [1.807, 2.05) is 0 Å². The molecule has 0 aromatic heterocycles. The first kappa shape index (κ1) is 11.5. The molecule has 2 unspecified atom stereocenters. The van der Waals surface area contributed by atoms with Crippen molar-refractivity contribution in [3.05, 3.63) is 0 Å². The van der Waals surface area contributed by atoms with Gasteiger partial charge in [0.05, 0.1) is 5.92 Å². The summed E-state index contributed by atoms with van der Waals surface area (Å²) >= 11 is 6.76. The van der Waals surface area contributed by atoms with Gasteiger partial charge in [-0.2, -0.15) is 0 Å². The number of halogens is 2. The Morgan fingerprint density at radius 2 is 2.08 bits per heavy atom. The van der Waals surface area contributed by atoms with E-state index in [9.17, 15) is 4.79 Å². The Morgan fingerprint density at radius 1 is 1.38 bits per heavy atom. The number of hydrogen-bond donors (Lipinski definition) is 0. The van der Waals surface area contributed by atoms with Crippen molar-refractivity contribution in [2.24, 2.45) is 5.92 Å². The quantitative estimate of drug-likeness (QED) is 0.591. The normalized spacial score (nSPS) is 28.5. The summed E-state index contributed by atoms with van der Waals surface area (Å²) < 4.78 is 5.09. The Bertz CT molecular complexity index is 173. The molecule has 1 rings (SSSR count). The fraction of sp³-hybridized carbons (Fsp3) is 0.889. The van der Waals surface area contributed by atoms with Gasteiger partial charge in [0.15, 0.2) is 0 Å². The molecule has 0 aromatic rings. The minimum atomic E-state index is -0.0407. The zero-order valence-electron chi connectivity index (χ0n) is 7.47. The molecule has 1 aliphatic rings. The number of alkyl halides is 2. The molecule has 0 saturated heterocycles. The predicted molar refractivity (Wildman–Crippen MR) is 59.4 cm³/mol. The van der Waals surface area contributed by atoms with Crippen LogP contribution in [0.4, 0.5) is 0 Å². The summed E-state index contributed by atoms with van der Waals surface area (Å²) in [5.41, 5.74) is 0. The highest BCUT2D eigenvalue weighted by atomic mass is 79.9. The van der Waals surface area contributed by atoms with Gasteiger partial charge in [-0.15, -0.1) is 0 Å². The minimum Gasteiger partial charge on any atom is -0.465 e. The standard InChI is InChI=1S/C9H14Br2O2/c10-5-6-13-9(12)7-3-1-2-4-8(7)11/h7-8H,1-6H2. The molecular formula is C9H14Br2O2. The molecule has 1 fully saturated rings. The van der Waals surface area contributed by atoms with Crippen molar-refractivity contribution < 1.29 is 9.53 Å². The molecule has 0 bridgehead atoms. The van der Waals surface area contributed by atoms with Crippen molar-refractivity contribution in [3.8, 4) is 0 Å². The number of esters is 1. The lowest BCUT2D eigenvalue weighted by Crippen LogP contribution is -2.29. The van der Waals surface area contributed by atoms with Crippen LogP contribution in [0.15, 0.2) is 0 Å². The van der Waals surface area contributed by atoms with E-state index < -0.39 is 0 Å². The maximum Gasteiger partial charge on any atom is 0.310 e. The average molecular weight is 314 g/mol. The third-order valence-electron chi connectivity index (χ3n) is 2.31. The number of carbonyl (C=O) groups is 1. The lowest BCUT2D eigenvalue weighted by atomic mass is 9.89. The van der Waals surface area contributed by atoms with Crippen LogP contribution in [-0.4, -0.2) is 22.7 Å². The van der Waals surface area contributed by atoms with E-state index in [0.717, 1.165) is 24.6 Å². The van der Waals surface area contributed by atoms with E-state index in [2.05, 4.69) is 31.9 Å². The molecule has 0 heterocycles. The van der Waals surface area contributed by atoms with E-state index in [1.54, 1.807) is 0 Å². The van der Waals surface area contributed by atoms with E-state index in [1.165, 1.54) is 6.42 Å². The SMILES string of the molecule is O=C(OCCBr)C1CCCCC1Br. The molecule has 0 N–H and O–H groups in total. The van der Waals surface area contributed by atoms with Crippen molar-refractivity contribution in [2.45, 2.75) is 30.5 Å². The van der Waals surface area contributed by atoms with Crippen LogP contribution in [0.25, 0.3) is 0 Å². The van der Waals surface area contributed by atoms with Gasteiger partial charge in [-0.1, -0.05) is 44.7 Å². The molecule has 2 nitrogen and oxygen atoms in total. The van der Waals surface area contributed by atoms with Gasteiger partial charge in [-0.05, 0) is 12.8 Å². The van der Waals surface area contributed by atoms with Crippen molar-refractivity contribution in [3.63, 3.8) is 0 Å². The monoisotopic (exact) mass is 312 g/mol. The van der Waals surface area contributed by atoms with Gasteiger partial charge >= 0.3 is 5.97 Å². The highest BCUT2D eigenvalue weighted by Gasteiger charge is 2.29. The summed E-state index contributed by atoms with van der Waals surface area (Å²) in [7, 11) is 0. The Labute approximate surface area is 95.7 Å². The van der Waals surface area contributed by atoms with E-state index in [4.69, 9.17) is 4.74 Å². The maximum atomic E-state index is 11.5. The molecule has 0 spiro atoms. The van der Waals surface area contributed by atoms with Gasteiger partial charge in [0.1, 0.15) is 6.61 Å². The van der Waals surface area contributed by atoms with Crippen LogP contribution >= 0.6 is 31.9 Å². The maximum absolute atomic E-state index is 11.5. The fourth-order valence-corrected chi connectivity index (χ4v) is 2.56. The van der Waals surface area contributed by atoms with Crippen LogP contribution in [-0.2, 0) is 9.53 Å². The molecule has 0 amide bonds. The average Bonchev–Trinajstić information content (AvgIpc) is 2.15. The second-order valence-corrected chi connectivity index (χ2v) is 5.23. The molecule has 0 aromatic carbocycles. The Balaban J connectivity index is 2.35. The van der Waals surface area contributed by atoms with Gasteiger partial charge in [-0.25, -0.2) is 0 Å². The first-order chi connectivity index (χ1) is 6.25. The number of hydrogen-bond acceptors (Lipinski definition) is 2. The third kappa shape index (κ3) is 3.58. The smallest absolute Gasteiger partial charge is 0.310 e. The minimum absolute atomic E-state index is 0.0407. The zero-order valence-corrected chi connectivity index (χ0v) is 10.6. The first-order valence-electron chi connectivity index (χ1n) is 4.62. The predicted octanol–water partition coefficient (Wildman–Crippen LogP) is 2.88. The largest absolute Gasteiger partial charge is 0.465 e. The van der Waals surface area contributed by atoms with Crippen LogP contribution in [0.1, 0.15) is 25.7 Å². The first-order valence-corrected chi connectivity index (χ1v) is 6.66. The van der Waals surface area contributed by atoms with Gasteiger partial charge in [0, 0.05) is 10.2 Å². The van der Waals surface area contributed by atoms with Gasteiger partial charge in [0.2, 0.25) is 0 Å². The molecule has 0 radical (unpaired) electrons. The van der Waals surface area contributed by atoms with Gasteiger partial charge in [-0.3, -0.25) is 4.79 Å². The van der Waals surface area contributed by atoms with Crippen LogP contribution in [0.5, 0.6) is 0 Å². The number of carbonyl (C=O) groups excluding carboxylic acids is 1. The van der Waals surface area contributed by atoms with Gasteiger partial charge in [0.25, 0.3) is 0 Å².